The summed E-state index contributed by atoms with van der Waals surface area (Å²) in [4.78, 5) is 0. The second-order valence-electron chi connectivity index (χ2n) is 3.96. The molecule has 0 spiro atoms. The van der Waals surface area contributed by atoms with Gasteiger partial charge in [0.15, 0.2) is 0 Å². The molecule has 0 aliphatic carbocycles. The van der Waals surface area contributed by atoms with Gasteiger partial charge in [0.25, 0.3) is 0 Å². The molecule has 1 nitrogen and oxygen atoms in total. The molecule has 1 fully saturated rings. The third-order valence-corrected chi connectivity index (χ3v) is 3.92. The summed E-state index contributed by atoms with van der Waals surface area (Å²) in [7, 11) is 0. The zero-order chi connectivity index (χ0) is 8.81. The lowest BCUT2D eigenvalue weighted by molar-refractivity contribution is 0.385. The van der Waals surface area contributed by atoms with E-state index in [1.807, 2.05) is 0 Å². The van der Waals surface area contributed by atoms with Crippen LogP contribution in [0.3, 0.4) is 0 Å². The van der Waals surface area contributed by atoms with Crippen molar-refractivity contribution in [2.24, 2.45) is 11.8 Å². The predicted molar refractivity (Wildman–Crippen MR) is 57.8 cm³/mol. The summed E-state index contributed by atoms with van der Waals surface area (Å²) in [6.07, 6.45) is 2.74. The number of hydrogen-bond donors (Lipinski definition) is 1. The fraction of sp³-hybridized carbons (Fsp3) is 1.00. The number of thioether (sulfide) groups is 1. The molecule has 0 radical (unpaired) electrons. The van der Waals surface area contributed by atoms with Crippen molar-refractivity contribution in [3.8, 4) is 0 Å². The van der Waals surface area contributed by atoms with E-state index in [1.165, 1.54) is 37.4 Å². The number of rotatable bonds is 6. The van der Waals surface area contributed by atoms with Gasteiger partial charge in [-0.25, -0.2) is 0 Å². The van der Waals surface area contributed by atoms with Gasteiger partial charge in [-0.3, -0.25) is 0 Å². The molecule has 1 atom stereocenters. The monoisotopic (exact) mass is 187 g/mol. The Hall–Kier alpha value is 0.310. The van der Waals surface area contributed by atoms with E-state index in [2.05, 4.69) is 30.9 Å². The summed E-state index contributed by atoms with van der Waals surface area (Å²) in [5.74, 6) is 4.64. The summed E-state index contributed by atoms with van der Waals surface area (Å²) in [5, 5.41) is 3.31. The SMILES string of the molecule is CCCC(C)CSCC1CNC1. The van der Waals surface area contributed by atoms with Crippen LogP contribution in [-0.4, -0.2) is 24.6 Å². The highest BCUT2D eigenvalue weighted by molar-refractivity contribution is 7.99. The van der Waals surface area contributed by atoms with Crippen LogP contribution >= 0.6 is 11.8 Å². The van der Waals surface area contributed by atoms with Crippen LogP contribution < -0.4 is 5.32 Å². The molecule has 0 aromatic heterocycles. The highest BCUT2D eigenvalue weighted by Gasteiger charge is 2.16. The summed E-state index contributed by atoms with van der Waals surface area (Å²) >= 11 is 2.15. The van der Waals surface area contributed by atoms with E-state index in [0.717, 1.165) is 11.8 Å². The van der Waals surface area contributed by atoms with E-state index in [1.54, 1.807) is 0 Å². The molecular weight excluding hydrogens is 166 g/mol. The largest absolute Gasteiger partial charge is 0.316 e. The summed E-state index contributed by atoms with van der Waals surface area (Å²) in [5.41, 5.74) is 0. The van der Waals surface area contributed by atoms with E-state index < -0.39 is 0 Å². The van der Waals surface area contributed by atoms with Gasteiger partial charge in [0, 0.05) is 0 Å². The molecule has 1 aliphatic heterocycles. The van der Waals surface area contributed by atoms with Crippen LogP contribution in [0.1, 0.15) is 26.7 Å². The van der Waals surface area contributed by atoms with Crippen LogP contribution in [-0.2, 0) is 0 Å². The third-order valence-electron chi connectivity index (χ3n) is 2.40. The van der Waals surface area contributed by atoms with Crippen molar-refractivity contribution in [1.82, 2.24) is 5.32 Å². The van der Waals surface area contributed by atoms with Gasteiger partial charge in [-0.2, -0.15) is 11.8 Å². The highest BCUT2D eigenvalue weighted by atomic mass is 32.2. The van der Waals surface area contributed by atoms with Crippen molar-refractivity contribution in [3.63, 3.8) is 0 Å². The Morgan fingerprint density at radius 2 is 2.25 bits per heavy atom. The normalized spacial score (nSPS) is 20.5. The lowest BCUT2D eigenvalue weighted by Gasteiger charge is -2.26. The van der Waals surface area contributed by atoms with Gasteiger partial charge >= 0.3 is 0 Å². The molecule has 1 saturated heterocycles. The van der Waals surface area contributed by atoms with Crippen molar-refractivity contribution in [2.75, 3.05) is 24.6 Å². The lowest BCUT2D eigenvalue weighted by atomic mass is 10.1. The van der Waals surface area contributed by atoms with Crippen LogP contribution in [0, 0.1) is 11.8 Å². The van der Waals surface area contributed by atoms with Gasteiger partial charge in [0.2, 0.25) is 0 Å². The Labute approximate surface area is 80.7 Å². The highest BCUT2D eigenvalue weighted by Crippen LogP contribution is 2.17. The average molecular weight is 187 g/mol. The molecule has 0 amide bonds. The first kappa shape index (κ1) is 10.4. The molecule has 12 heavy (non-hydrogen) atoms. The molecule has 0 aromatic rings. The standard InChI is InChI=1S/C10H21NS/c1-3-4-9(2)7-12-8-10-5-11-6-10/h9-11H,3-8H2,1-2H3. The second-order valence-corrected chi connectivity index (χ2v) is 5.03. The molecule has 1 unspecified atom stereocenters. The Balaban J connectivity index is 1.86. The maximum Gasteiger partial charge on any atom is -0.0000326 e. The Kier molecular flexibility index (Phi) is 5.08. The van der Waals surface area contributed by atoms with Crippen LogP contribution in [0.2, 0.25) is 0 Å². The van der Waals surface area contributed by atoms with Gasteiger partial charge in [0.05, 0.1) is 0 Å². The molecule has 0 aromatic carbocycles. The first-order valence-corrected chi connectivity index (χ1v) is 6.26. The predicted octanol–water partition coefficient (Wildman–Crippen LogP) is 2.38. The minimum Gasteiger partial charge on any atom is -0.316 e. The number of nitrogens with one attached hydrogen (secondary N) is 1. The second kappa shape index (κ2) is 5.87. The first-order valence-electron chi connectivity index (χ1n) is 5.11. The van der Waals surface area contributed by atoms with Crippen molar-refractivity contribution < 1.29 is 0 Å². The molecule has 2 heteroatoms. The molecule has 72 valence electrons. The Morgan fingerprint density at radius 1 is 1.50 bits per heavy atom. The van der Waals surface area contributed by atoms with Crippen molar-refractivity contribution in [1.29, 1.82) is 0 Å². The summed E-state index contributed by atoms with van der Waals surface area (Å²) < 4.78 is 0. The van der Waals surface area contributed by atoms with Gasteiger partial charge in [-0.1, -0.05) is 26.7 Å². The molecule has 1 heterocycles. The minimum absolute atomic E-state index is 0.924. The van der Waals surface area contributed by atoms with Crippen LogP contribution in [0.4, 0.5) is 0 Å². The quantitative estimate of drug-likeness (QED) is 0.685. The van der Waals surface area contributed by atoms with E-state index in [-0.39, 0.29) is 0 Å². The fourth-order valence-electron chi connectivity index (χ4n) is 1.48. The van der Waals surface area contributed by atoms with E-state index in [4.69, 9.17) is 0 Å². The van der Waals surface area contributed by atoms with Crippen LogP contribution in [0.25, 0.3) is 0 Å². The molecule has 0 saturated carbocycles. The maximum atomic E-state index is 3.31. The average Bonchev–Trinajstić information content (AvgIpc) is 1.95. The fourth-order valence-corrected chi connectivity index (χ4v) is 2.75. The zero-order valence-corrected chi connectivity index (χ0v) is 9.12. The topological polar surface area (TPSA) is 12.0 Å². The lowest BCUT2D eigenvalue weighted by Crippen LogP contribution is -2.43. The molecule has 1 rings (SSSR count). The Bertz CT molecular complexity index is 112. The third kappa shape index (κ3) is 3.81. The molecule has 0 bridgehead atoms. The van der Waals surface area contributed by atoms with Crippen LogP contribution in [0.15, 0.2) is 0 Å². The smallest absolute Gasteiger partial charge is 0.0000326 e. The van der Waals surface area contributed by atoms with Gasteiger partial charge in [-0.05, 0) is 36.4 Å². The Morgan fingerprint density at radius 3 is 2.75 bits per heavy atom. The molecular formula is C10H21NS. The van der Waals surface area contributed by atoms with Crippen molar-refractivity contribution in [3.05, 3.63) is 0 Å². The zero-order valence-electron chi connectivity index (χ0n) is 8.31. The van der Waals surface area contributed by atoms with E-state index in [0.29, 0.717) is 0 Å². The molecule has 1 N–H and O–H groups in total. The minimum atomic E-state index is 0.924. The van der Waals surface area contributed by atoms with Crippen LogP contribution in [0.5, 0.6) is 0 Å². The van der Waals surface area contributed by atoms with Gasteiger partial charge < -0.3 is 5.32 Å². The van der Waals surface area contributed by atoms with Gasteiger partial charge in [0.1, 0.15) is 0 Å². The molecule has 1 aliphatic rings. The van der Waals surface area contributed by atoms with Crippen molar-refractivity contribution >= 4 is 11.8 Å². The summed E-state index contributed by atoms with van der Waals surface area (Å²) in [6, 6.07) is 0. The summed E-state index contributed by atoms with van der Waals surface area (Å²) in [6.45, 7) is 7.16. The maximum absolute atomic E-state index is 3.31. The van der Waals surface area contributed by atoms with E-state index >= 15 is 0 Å². The number of hydrogen-bond acceptors (Lipinski definition) is 2. The van der Waals surface area contributed by atoms with E-state index in [9.17, 15) is 0 Å². The first-order chi connectivity index (χ1) is 5.83. The van der Waals surface area contributed by atoms with Gasteiger partial charge in [-0.15, -0.1) is 0 Å². The van der Waals surface area contributed by atoms with Crippen molar-refractivity contribution in [2.45, 2.75) is 26.7 Å².